The highest BCUT2D eigenvalue weighted by Gasteiger charge is 2.24. The van der Waals surface area contributed by atoms with Gasteiger partial charge in [-0.05, 0) is 61.9 Å². The molecule has 0 amide bonds. The van der Waals surface area contributed by atoms with Crippen LogP contribution in [0.15, 0.2) is 71.9 Å². The lowest BCUT2D eigenvalue weighted by Crippen LogP contribution is -2.38. The van der Waals surface area contributed by atoms with E-state index < -0.39 is 21.6 Å². The van der Waals surface area contributed by atoms with Crippen LogP contribution in [-0.4, -0.2) is 42.5 Å². The summed E-state index contributed by atoms with van der Waals surface area (Å²) in [6, 6.07) is 13.6. The molecule has 1 fully saturated rings. The molecule has 4 aromatic rings. The van der Waals surface area contributed by atoms with Crippen molar-refractivity contribution < 1.29 is 17.5 Å². The predicted octanol–water partition coefficient (Wildman–Crippen LogP) is 6.16. The summed E-state index contributed by atoms with van der Waals surface area (Å²) >= 11 is 12.3. The maximum absolute atomic E-state index is 15.6. The lowest BCUT2D eigenvalue weighted by atomic mass is 10.1. The third-order valence-electron chi connectivity index (χ3n) is 5.95. The first-order valence-electron chi connectivity index (χ1n) is 12.0. The number of pyridine rings is 1. The topological polar surface area (TPSA) is 118 Å². The van der Waals surface area contributed by atoms with Crippen LogP contribution in [-0.2, 0) is 10.0 Å². The summed E-state index contributed by atoms with van der Waals surface area (Å²) in [7, 11) is -4.20. The monoisotopic (exact) mass is 624 g/mol. The summed E-state index contributed by atoms with van der Waals surface area (Å²) in [4.78, 5) is 12.9. The zero-order valence-corrected chi connectivity index (χ0v) is 23.9. The second kappa shape index (κ2) is 13.0. The quantitative estimate of drug-likeness (QED) is 0.213. The van der Waals surface area contributed by atoms with E-state index in [-0.39, 0.29) is 45.0 Å². The Labute approximate surface area is 247 Å². The van der Waals surface area contributed by atoms with Gasteiger partial charge in [-0.25, -0.2) is 27.8 Å². The number of nitrogens with one attached hydrogen (secondary N) is 3. The molecule has 9 nitrogen and oxygen atoms in total. The highest BCUT2D eigenvalue weighted by molar-refractivity contribution is 7.92. The van der Waals surface area contributed by atoms with E-state index in [1.807, 2.05) is 0 Å². The average Bonchev–Trinajstić information content (AvgIpc) is 2.94. The first kappa shape index (κ1) is 29.8. The SMILES string of the molecule is Cl.O=S(=O)(Nc1ccc(Cl)c(Oc2ncccc2-c2ccnc(NC3CCCNC3)n2)c1F)c1ccccc1Cl. The number of benzene rings is 2. The standard InChI is InChI=1S/C26H23Cl2FN6O3S.ClH/c27-18-7-1-2-8-22(18)39(36,37)35-21-10-9-19(28)24(23(21)29)38-25-17(6-4-13-31-25)20-11-14-32-26(34-20)33-16-5-3-12-30-15-16;/h1-2,4,6-11,13-14,16,30,35H,3,5,12,15H2,(H,32,33,34);1H. The molecule has 0 spiro atoms. The number of sulfonamides is 1. The minimum Gasteiger partial charge on any atom is -0.434 e. The average molecular weight is 626 g/mol. The Morgan fingerprint density at radius 3 is 2.60 bits per heavy atom. The molecule has 0 aliphatic carbocycles. The molecular weight excluding hydrogens is 602 g/mol. The van der Waals surface area contributed by atoms with Gasteiger partial charge in [-0.15, -0.1) is 12.4 Å². The van der Waals surface area contributed by atoms with Crippen LogP contribution in [0.4, 0.5) is 16.0 Å². The fourth-order valence-corrected chi connectivity index (χ4v) is 5.83. The van der Waals surface area contributed by atoms with Crippen molar-refractivity contribution in [2.24, 2.45) is 0 Å². The van der Waals surface area contributed by atoms with E-state index in [0.29, 0.717) is 17.2 Å². The molecule has 2 aromatic heterocycles. The van der Waals surface area contributed by atoms with E-state index in [2.05, 4.69) is 30.3 Å². The van der Waals surface area contributed by atoms with Crippen molar-refractivity contribution in [3.8, 4) is 22.9 Å². The van der Waals surface area contributed by atoms with Gasteiger partial charge in [-0.3, -0.25) is 4.72 Å². The Hall–Kier alpha value is -3.22. The Balaban J connectivity index is 0.00000370. The molecule has 1 aliphatic rings. The van der Waals surface area contributed by atoms with Crippen LogP contribution in [0.2, 0.25) is 10.0 Å². The van der Waals surface area contributed by atoms with Crippen molar-refractivity contribution in [1.29, 1.82) is 0 Å². The van der Waals surface area contributed by atoms with E-state index >= 15 is 4.39 Å². The van der Waals surface area contributed by atoms with Crippen LogP contribution < -0.4 is 20.1 Å². The number of piperidine rings is 1. The zero-order valence-electron chi connectivity index (χ0n) is 20.8. The lowest BCUT2D eigenvalue weighted by molar-refractivity contribution is 0.430. The molecule has 40 heavy (non-hydrogen) atoms. The number of ether oxygens (including phenoxy) is 1. The maximum Gasteiger partial charge on any atom is 0.263 e. The largest absolute Gasteiger partial charge is 0.434 e. The first-order valence-corrected chi connectivity index (χ1v) is 14.2. The molecule has 5 rings (SSSR count). The molecule has 2 aromatic carbocycles. The van der Waals surface area contributed by atoms with Crippen molar-refractivity contribution >= 4 is 57.3 Å². The predicted molar refractivity (Wildman–Crippen MR) is 156 cm³/mol. The number of hydrogen-bond acceptors (Lipinski definition) is 8. The van der Waals surface area contributed by atoms with Gasteiger partial charge >= 0.3 is 0 Å². The van der Waals surface area contributed by atoms with Gasteiger partial charge in [0.25, 0.3) is 10.0 Å². The van der Waals surface area contributed by atoms with Gasteiger partial charge in [0.2, 0.25) is 11.8 Å². The van der Waals surface area contributed by atoms with E-state index in [4.69, 9.17) is 27.9 Å². The van der Waals surface area contributed by atoms with Crippen molar-refractivity contribution in [2.45, 2.75) is 23.8 Å². The fourth-order valence-electron chi connectivity index (χ4n) is 4.07. The Morgan fingerprint density at radius 2 is 1.82 bits per heavy atom. The van der Waals surface area contributed by atoms with Crippen molar-refractivity contribution in [3.63, 3.8) is 0 Å². The Bertz CT molecular complexity index is 1610. The summed E-state index contributed by atoms with van der Waals surface area (Å²) in [5, 5.41) is 6.57. The number of halogens is 4. The van der Waals surface area contributed by atoms with Crippen molar-refractivity contribution in [2.75, 3.05) is 23.1 Å². The van der Waals surface area contributed by atoms with Gasteiger partial charge in [-0.1, -0.05) is 35.3 Å². The number of hydrogen-bond donors (Lipinski definition) is 3. The van der Waals surface area contributed by atoms with E-state index in [9.17, 15) is 8.42 Å². The first-order chi connectivity index (χ1) is 18.8. The van der Waals surface area contributed by atoms with Crippen LogP contribution in [0.5, 0.6) is 11.6 Å². The number of nitrogens with zero attached hydrogens (tertiary/aromatic N) is 3. The smallest absolute Gasteiger partial charge is 0.263 e. The Morgan fingerprint density at radius 1 is 1.00 bits per heavy atom. The third kappa shape index (κ3) is 6.73. The van der Waals surface area contributed by atoms with Crippen LogP contribution in [0.25, 0.3) is 11.3 Å². The van der Waals surface area contributed by atoms with Crippen molar-refractivity contribution in [1.82, 2.24) is 20.3 Å². The fraction of sp³-hybridized carbons (Fsp3) is 0.192. The number of rotatable bonds is 8. The van der Waals surface area contributed by atoms with Gasteiger partial charge in [0.05, 0.1) is 27.0 Å². The zero-order chi connectivity index (χ0) is 27.4. The van der Waals surface area contributed by atoms with E-state index in [1.54, 1.807) is 30.5 Å². The highest BCUT2D eigenvalue weighted by Crippen LogP contribution is 2.39. The second-order valence-corrected chi connectivity index (χ2v) is 11.2. The number of aromatic nitrogens is 3. The van der Waals surface area contributed by atoms with E-state index in [1.165, 1.54) is 36.5 Å². The molecule has 0 saturated carbocycles. The Kier molecular flexibility index (Phi) is 9.64. The van der Waals surface area contributed by atoms with Gasteiger partial charge in [0, 0.05) is 25.0 Å². The highest BCUT2D eigenvalue weighted by atomic mass is 35.5. The summed E-state index contributed by atoms with van der Waals surface area (Å²) < 4.78 is 49.4. The van der Waals surface area contributed by atoms with Gasteiger partial charge < -0.3 is 15.4 Å². The molecule has 3 heterocycles. The molecule has 14 heteroatoms. The van der Waals surface area contributed by atoms with Crippen LogP contribution in [0, 0.1) is 5.82 Å². The molecular formula is C26H24Cl3FN6O3S. The summed E-state index contributed by atoms with van der Waals surface area (Å²) in [6.45, 7) is 1.79. The van der Waals surface area contributed by atoms with Gasteiger partial charge in [0.1, 0.15) is 4.90 Å². The van der Waals surface area contributed by atoms with Crippen molar-refractivity contribution in [3.05, 3.63) is 82.9 Å². The van der Waals surface area contributed by atoms with E-state index in [0.717, 1.165) is 25.9 Å². The number of anilines is 2. The molecule has 1 saturated heterocycles. The van der Waals surface area contributed by atoms with Gasteiger partial charge in [0.15, 0.2) is 11.6 Å². The van der Waals surface area contributed by atoms with Gasteiger partial charge in [-0.2, -0.15) is 0 Å². The molecule has 1 unspecified atom stereocenters. The molecule has 1 aliphatic heterocycles. The molecule has 0 bridgehead atoms. The second-order valence-electron chi connectivity index (χ2n) is 8.69. The minimum atomic E-state index is -4.20. The van der Waals surface area contributed by atoms with Crippen LogP contribution >= 0.6 is 35.6 Å². The summed E-state index contributed by atoms with van der Waals surface area (Å²) in [6.07, 6.45) is 5.13. The molecule has 0 radical (unpaired) electrons. The normalized spacial score (nSPS) is 15.1. The molecule has 210 valence electrons. The third-order valence-corrected chi connectivity index (χ3v) is 8.11. The van der Waals surface area contributed by atoms with Crippen LogP contribution in [0.3, 0.4) is 0 Å². The summed E-state index contributed by atoms with van der Waals surface area (Å²) in [5.41, 5.74) is 0.579. The maximum atomic E-state index is 15.6. The molecule has 3 N–H and O–H groups in total. The van der Waals surface area contributed by atoms with Crippen LogP contribution in [0.1, 0.15) is 12.8 Å². The lowest BCUT2D eigenvalue weighted by Gasteiger charge is -2.23. The summed E-state index contributed by atoms with van der Waals surface area (Å²) in [5.74, 6) is -0.967. The molecule has 1 atom stereocenters. The minimum absolute atomic E-state index is 0.